The van der Waals surface area contributed by atoms with E-state index in [1.165, 1.54) is 12.8 Å². The van der Waals surface area contributed by atoms with Crippen molar-refractivity contribution in [1.82, 2.24) is 0 Å². The first kappa shape index (κ1) is 7.07. The standard InChI is InChI=1S/C8H16O/c1-6-4-8(9-3)5-7(6)2/h6-8H,4-5H2,1-3H3/t6-,7?,8?/m0/s1. The Kier molecular flexibility index (Phi) is 2.12. The minimum Gasteiger partial charge on any atom is -0.381 e. The summed E-state index contributed by atoms with van der Waals surface area (Å²) in [4.78, 5) is 0. The highest BCUT2D eigenvalue weighted by Crippen LogP contribution is 2.32. The fraction of sp³-hybridized carbons (Fsp3) is 1.00. The second-order valence-corrected chi connectivity index (χ2v) is 3.28. The summed E-state index contributed by atoms with van der Waals surface area (Å²) < 4.78 is 5.25. The van der Waals surface area contributed by atoms with Gasteiger partial charge < -0.3 is 4.74 Å². The summed E-state index contributed by atoms with van der Waals surface area (Å²) in [6.45, 7) is 4.62. The van der Waals surface area contributed by atoms with Crippen molar-refractivity contribution in [3.63, 3.8) is 0 Å². The van der Waals surface area contributed by atoms with Gasteiger partial charge in [0.25, 0.3) is 0 Å². The fourth-order valence-corrected chi connectivity index (χ4v) is 1.58. The summed E-state index contributed by atoms with van der Waals surface area (Å²) in [5, 5.41) is 0. The lowest BCUT2D eigenvalue weighted by atomic mass is 10.0. The Morgan fingerprint density at radius 3 is 1.78 bits per heavy atom. The van der Waals surface area contributed by atoms with Crippen LogP contribution in [0.4, 0.5) is 0 Å². The molecule has 2 unspecified atom stereocenters. The molecule has 0 spiro atoms. The number of ether oxygens (including phenoxy) is 1. The third kappa shape index (κ3) is 1.45. The van der Waals surface area contributed by atoms with Gasteiger partial charge in [0.2, 0.25) is 0 Å². The Labute approximate surface area is 57.4 Å². The highest BCUT2D eigenvalue weighted by molar-refractivity contribution is 4.78. The third-order valence-electron chi connectivity index (χ3n) is 2.57. The summed E-state index contributed by atoms with van der Waals surface area (Å²) in [6.07, 6.45) is 3.07. The normalized spacial score (nSPS) is 43.7. The molecule has 1 nitrogen and oxygen atoms in total. The molecule has 1 aliphatic carbocycles. The van der Waals surface area contributed by atoms with Crippen LogP contribution >= 0.6 is 0 Å². The van der Waals surface area contributed by atoms with Gasteiger partial charge in [-0.2, -0.15) is 0 Å². The minimum absolute atomic E-state index is 0.551. The van der Waals surface area contributed by atoms with E-state index in [-0.39, 0.29) is 0 Å². The molecule has 0 aromatic carbocycles. The molecule has 0 aromatic rings. The van der Waals surface area contributed by atoms with E-state index in [1.54, 1.807) is 0 Å². The Balaban J connectivity index is 2.35. The lowest BCUT2D eigenvalue weighted by Crippen LogP contribution is -2.03. The quantitative estimate of drug-likeness (QED) is 0.525. The molecule has 0 bridgehead atoms. The van der Waals surface area contributed by atoms with Crippen molar-refractivity contribution >= 4 is 0 Å². The van der Waals surface area contributed by atoms with Gasteiger partial charge in [0.1, 0.15) is 0 Å². The second kappa shape index (κ2) is 2.70. The highest BCUT2D eigenvalue weighted by Gasteiger charge is 2.27. The summed E-state index contributed by atoms with van der Waals surface area (Å²) in [5.41, 5.74) is 0. The fourth-order valence-electron chi connectivity index (χ4n) is 1.58. The van der Waals surface area contributed by atoms with Gasteiger partial charge in [-0.1, -0.05) is 13.8 Å². The van der Waals surface area contributed by atoms with E-state index < -0.39 is 0 Å². The molecule has 0 aliphatic heterocycles. The Morgan fingerprint density at radius 1 is 1.11 bits per heavy atom. The monoisotopic (exact) mass is 128 g/mol. The van der Waals surface area contributed by atoms with Gasteiger partial charge in [-0.25, -0.2) is 0 Å². The first-order valence-electron chi connectivity index (χ1n) is 3.76. The largest absolute Gasteiger partial charge is 0.381 e. The summed E-state index contributed by atoms with van der Waals surface area (Å²) in [7, 11) is 1.81. The zero-order valence-electron chi connectivity index (χ0n) is 6.55. The lowest BCUT2D eigenvalue weighted by molar-refractivity contribution is 0.104. The number of hydrogen-bond acceptors (Lipinski definition) is 1. The first-order chi connectivity index (χ1) is 4.24. The Bertz CT molecular complexity index is 80.6. The van der Waals surface area contributed by atoms with Crippen LogP contribution in [0.25, 0.3) is 0 Å². The number of rotatable bonds is 1. The van der Waals surface area contributed by atoms with Crippen molar-refractivity contribution in [2.45, 2.75) is 32.8 Å². The van der Waals surface area contributed by atoms with Crippen molar-refractivity contribution in [3.8, 4) is 0 Å². The third-order valence-corrected chi connectivity index (χ3v) is 2.57. The lowest BCUT2D eigenvalue weighted by Gasteiger charge is -2.04. The Hall–Kier alpha value is -0.0400. The van der Waals surface area contributed by atoms with Crippen LogP contribution in [0.15, 0.2) is 0 Å². The van der Waals surface area contributed by atoms with E-state index in [9.17, 15) is 0 Å². The minimum atomic E-state index is 0.551. The highest BCUT2D eigenvalue weighted by atomic mass is 16.5. The van der Waals surface area contributed by atoms with Crippen LogP contribution in [0, 0.1) is 11.8 Å². The molecule has 1 aliphatic rings. The van der Waals surface area contributed by atoms with E-state index in [4.69, 9.17) is 4.74 Å². The molecule has 3 atom stereocenters. The van der Waals surface area contributed by atoms with Crippen LogP contribution in [-0.4, -0.2) is 13.2 Å². The molecule has 54 valence electrons. The number of hydrogen-bond donors (Lipinski definition) is 0. The van der Waals surface area contributed by atoms with Crippen LogP contribution in [0.2, 0.25) is 0 Å². The van der Waals surface area contributed by atoms with Crippen LogP contribution in [0.5, 0.6) is 0 Å². The molecular formula is C8H16O. The van der Waals surface area contributed by atoms with Gasteiger partial charge in [0.05, 0.1) is 6.10 Å². The molecule has 0 amide bonds. The van der Waals surface area contributed by atoms with E-state index >= 15 is 0 Å². The predicted molar refractivity (Wildman–Crippen MR) is 38.4 cm³/mol. The van der Waals surface area contributed by atoms with Crippen molar-refractivity contribution < 1.29 is 4.74 Å². The van der Waals surface area contributed by atoms with Crippen LogP contribution < -0.4 is 0 Å². The van der Waals surface area contributed by atoms with Gasteiger partial charge in [-0.05, 0) is 24.7 Å². The van der Waals surface area contributed by atoms with Gasteiger partial charge in [-0.15, -0.1) is 0 Å². The zero-order valence-corrected chi connectivity index (χ0v) is 6.55. The molecule has 1 rings (SSSR count). The van der Waals surface area contributed by atoms with Gasteiger partial charge in [0.15, 0.2) is 0 Å². The molecule has 1 heteroatoms. The van der Waals surface area contributed by atoms with E-state index in [1.807, 2.05) is 7.11 Å². The van der Waals surface area contributed by atoms with E-state index in [0.717, 1.165) is 11.8 Å². The molecule has 0 radical (unpaired) electrons. The topological polar surface area (TPSA) is 9.23 Å². The molecule has 0 N–H and O–H groups in total. The molecule has 0 heterocycles. The molecule has 9 heavy (non-hydrogen) atoms. The van der Waals surface area contributed by atoms with Gasteiger partial charge in [0, 0.05) is 7.11 Å². The average molecular weight is 128 g/mol. The summed E-state index contributed by atoms with van der Waals surface area (Å²) >= 11 is 0. The first-order valence-corrected chi connectivity index (χ1v) is 3.76. The predicted octanol–water partition coefficient (Wildman–Crippen LogP) is 2.07. The van der Waals surface area contributed by atoms with Crippen molar-refractivity contribution in [2.75, 3.05) is 7.11 Å². The number of methoxy groups -OCH3 is 1. The van der Waals surface area contributed by atoms with Crippen molar-refractivity contribution in [3.05, 3.63) is 0 Å². The SMILES string of the molecule is COC1CC(C)[C@@H](C)C1. The van der Waals surface area contributed by atoms with Gasteiger partial charge in [-0.3, -0.25) is 0 Å². The maximum atomic E-state index is 5.25. The zero-order chi connectivity index (χ0) is 6.85. The average Bonchev–Trinajstić information content (AvgIpc) is 2.13. The van der Waals surface area contributed by atoms with Crippen LogP contribution in [0.1, 0.15) is 26.7 Å². The molecule has 1 saturated carbocycles. The Morgan fingerprint density at radius 2 is 1.56 bits per heavy atom. The van der Waals surface area contributed by atoms with E-state index in [2.05, 4.69) is 13.8 Å². The molecule has 1 fully saturated rings. The maximum Gasteiger partial charge on any atom is 0.0576 e. The smallest absolute Gasteiger partial charge is 0.0576 e. The van der Waals surface area contributed by atoms with Crippen LogP contribution in [0.3, 0.4) is 0 Å². The van der Waals surface area contributed by atoms with Crippen molar-refractivity contribution in [2.24, 2.45) is 11.8 Å². The summed E-state index contributed by atoms with van der Waals surface area (Å²) in [5.74, 6) is 1.74. The van der Waals surface area contributed by atoms with Crippen molar-refractivity contribution in [1.29, 1.82) is 0 Å². The molecule has 0 aromatic heterocycles. The molecular weight excluding hydrogens is 112 g/mol. The maximum absolute atomic E-state index is 5.25. The second-order valence-electron chi connectivity index (χ2n) is 3.28. The van der Waals surface area contributed by atoms with E-state index in [0.29, 0.717) is 6.10 Å². The van der Waals surface area contributed by atoms with Crippen LogP contribution in [-0.2, 0) is 4.74 Å². The van der Waals surface area contributed by atoms with Gasteiger partial charge >= 0.3 is 0 Å². The summed E-state index contributed by atoms with van der Waals surface area (Å²) in [6, 6.07) is 0. The molecule has 0 saturated heterocycles.